The molecule has 0 aliphatic carbocycles. The van der Waals surface area contributed by atoms with Gasteiger partial charge in [0.05, 0.1) is 17.5 Å². The molecule has 1 aromatic heterocycles. The molecule has 1 aromatic carbocycles. The highest BCUT2D eigenvalue weighted by atomic mass is 35.5. The second kappa shape index (κ2) is 4.94. The van der Waals surface area contributed by atoms with Gasteiger partial charge in [0, 0.05) is 23.5 Å². The van der Waals surface area contributed by atoms with Crippen molar-refractivity contribution in [3.05, 3.63) is 53.1 Å². The van der Waals surface area contributed by atoms with E-state index in [1.807, 2.05) is 6.07 Å². The summed E-state index contributed by atoms with van der Waals surface area (Å²) in [6.07, 6.45) is 3.11. The van der Waals surface area contributed by atoms with Crippen molar-refractivity contribution < 1.29 is 4.39 Å². The fourth-order valence-electron chi connectivity index (χ4n) is 1.63. The molecule has 0 spiro atoms. The molecule has 0 bridgehead atoms. The van der Waals surface area contributed by atoms with E-state index in [1.165, 1.54) is 18.5 Å². The van der Waals surface area contributed by atoms with Crippen molar-refractivity contribution in [1.29, 1.82) is 5.26 Å². The first-order valence-electron chi connectivity index (χ1n) is 4.98. The van der Waals surface area contributed by atoms with Crippen molar-refractivity contribution in [2.45, 2.75) is 6.42 Å². The van der Waals surface area contributed by atoms with Gasteiger partial charge < -0.3 is 0 Å². The van der Waals surface area contributed by atoms with Crippen LogP contribution in [0.5, 0.6) is 0 Å². The first-order valence-corrected chi connectivity index (χ1v) is 5.36. The lowest BCUT2D eigenvalue weighted by Gasteiger charge is -2.08. The van der Waals surface area contributed by atoms with E-state index in [0.29, 0.717) is 21.7 Å². The molecular weight excluding hydrogens is 239 g/mol. The third-order valence-electron chi connectivity index (χ3n) is 2.42. The minimum atomic E-state index is -0.351. The van der Waals surface area contributed by atoms with Gasteiger partial charge in [-0.2, -0.15) is 5.26 Å². The van der Waals surface area contributed by atoms with Gasteiger partial charge in [0.2, 0.25) is 0 Å². The molecule has 0 N–H and O–H groups in total. The minimum Gasteiger partial charge on any atom is -0.263 e. The Bertz CT molecular complexity index is 590. The first-order chi connectivity index (χ1) is 8.24. The third-order valence-corrected chi connectivity index (χ3v) is 2.75. The Morgan fingerprint density at radius 2 is 2.00 bits per heavy atom. The number of hydrogen-bond acceptors (Lipinski definition) is 2. The summed E-state index contributed by atoms with van der Waals surface area (Å²) in [4.78, 5) is 3.94. The van der Waals surface area contributed by atoms with Gasteiger partial charge in [-0.25, -0.2) is 4.39 Å². The number of halogens is 2. The summed E-state index contributed by atoms with van der Waals surface area (Å²) in [6.45, 7) is 0. The highest BCUT2D eigenvalue weighted by Gasteiger charge is 2.12. The lowest BCUT2D eigenvalue weighted by atomic mass is 10.00. The smallest absolute Gasteiger partial charge is 0.131 e. The SMILES string of the molecule is N#CCc1c(Cl)cncc1-c1ccccc1F. The predicted octanol–water partition coefficient (Wildman–Crippen LogP) is 3.61. The number of hydrogen-bond donors (Lipinski definition) is 0. The topological polar surface area (TPSA) is 36.7 Å². The highest BCUT2D eigenvalue weighted by molar-refractivity contribution is 6.31. The lowest BCUT2D eigenvalue weighted by Crippen LogP contribution is -1.94. The molecule has 0 atom stereocenters. The zero-order valence-corrected chi connectivity index (χ0v) is 9.58. The highest BCUT2D eigenvalue weighted by Crippen LogP contribution is 2.29. The summed E-state index contributed by atoms with van der Waals surface area (Å²) in [5, 5.41) is 9.14. The summed E-state index contributed by atoms with van der Waals surface area (Å²) >= 11 is 5.97. The molecule has 0 amide bonds. The maximum absolute atomic E-state index is 13.7. The number of nitrogens with zero attached hydrogens (tertiary/aromatic N) is 2. The van der Waals surface area contributed by atoms with Gasteiger partial charge in [-0.3, -0.25) is 4.98 Å². The summed E-state index contributed by atoms with van der Waals surface area (Å²) < 4.78 is 13.7. The molecule has 2 nitrogen and oxygen atoms in total. The Hall–Kier alpha value is -1.92. The molecule has 84 valence electrons. The largest absolute Gasteiger partial charge is 0.263 e. The quantitative estimate of drug-likeness (QED) is 0.812. The second-order valence-electron chi connectivity index (χ2n) is 3.46. The molecule has 0 saturated heterocycles. The molecule has 1 heterocycles. The van der Waals surface area contributed by atoms with E-state index in [9.17, 15) is 4.39 Å². The van der Waals surface area contributed by atoms with Crippen LogP contribution in [0.25, 0.3) is 11.1 Å². The minimum absolute atomic E-state index is 0.130. The summed E-state index contributed by atoms with van der Waals surface area (Å²) in [5.41, 5.74) is 1.58. The zero-order valence-electron chi connectivity index (χ0n) is 8.82. The number of rotatable bonds is 2. The maximum atomic E-state index is 13.7. The Labute approximate surface area is 103 Å². The van der Waals surface area contributed by atoms with Gasteiger partial charge in [-0.1, -0.05) is 29.8 Å². The molecule has 0 saturated carbocycles. The Balaban J connectivity index is 2.64. The van der Waals surface area contributed by atoms with Crippen molar-refractivity contribution in [2.24, 2.45) is 0 Å². The predicted molar refractivity (Wildman–Crippen MR) is 64.0 cm³/mol. The fourth-order valence-corrected chi connectivity index (χ4v) is 1.86. The monoisotopic (exact) mass is 246 g/mol. The first kappa shape index (κ1) is 11.6. The molecule has 17 heavy (non-hydrogen) atoms. The van der Waals surface area contributed by atoms with Crippen LogP contribution in [0.3, 0.4) is 0 Å². The normalized spacial score (nSPS) is 9.94. The number of aromatic nitrogens is 1. The van der Waals surface area contributed by atoms with E-state index in [-0.39, 0.29) is 12.2 Å². The third kappa shape index (κ3) is 2.27. The Morgan fingerprint density at radius 3 is 2.71 bits per heavy atom. The average molecular weight is 247 g/mol. The molecule has 0 aliphatic heterocycles. The van der Waals surface area contributed by atoms with E-state index >= 15 is 0 Å². The number of pyridine rings is 1. The van der Waals surface area contributed by atoms with Crippen molar-refractivity contribution >= 4 is 11.6 Å². The second-order valence-corrected chi connectivity index (χ2v) is 3.87. The molecule has 2 rings (SSSR count). The van der Waals surface area contributed by atoms with Crippen LogP contribution in [0, 0.1) is 17.1 Å². The lowest BCUT2D eigenvalue weighted by molar-refractivity contribution is 0.631. The van der Waals surface area contributed by atoms with Crippen LogP contribution in [0.2, 0.25) is 5.02 Å². The van der Waals surface area contributed by atoms with Crippen molar-refractivity contribution in [2.75, 3.05) is 0 Å². The number of benzene rings is 1. The molecule has 4 heteroatoms. The van der Waals surface area contributed by atoms with Crippen LogP contribution >= 0.6 is 11.6 Å². The summed E-state index contributed by atoms with van der Waals surface area (Å²) in [6, 6.07) is 8.37. The molecular formula is C13H8ClFN2. The van der Waals surface area contributed by atoms with Gasteiger partial charge >= 0.3 is 0 Å². The Kier molecular flexibility index (Phi) is 3.36. The van der Waals surface area contributed by atoms with Crippen molar-refractivity contribution in [3.8, 4) is 17.2 Å². The molecule has 0 aliphatic rings. The Morgan fingerprint density at radius 1 is 1.24 bits per heavy atom. The van der Waals surface area contributed by atoms with Crippen molar-refractivity contribution in [1.82, 2.24) is 4.98 Å². The standard InChI is InChI=1S/C13H8ClFN2/c14-12-8-17-7-11(9(12)5-6-16)10-3-1-2-4-13(10)15/h1-4,7-8H,5H2. The van der Waals surface area contributed by atoms with Crippen LogP contribution in [-0.4, -0.2) is 4.98 Å². The maximum Gasteiger partial charge on any atom is 0.131 e. The molecule has 0 radical (unpaired) electrons. The van der Waals surface area contributed by atoms with Crippen LogP contribution in [0.1, 0.15) is 5.56 Å². The van der Waals surface area contributed by atoms with E-state index in [0.717, 1.165) is 0 Å². The van der Waals surface area contributed by atoms with Crippen molar-refractivity contribution in [3.63, 3.8) is 0 Å². The van der Waals surface area contributed by atoms with Gasteiger partial charge in [0.15, 0.2) is 0 Å². The molecule has 0 fully saturated rings. The van der Waals surface area contributed by atoms with Gasteiger partial charge in [0.1, 0.15) is 5.82 Å². The number of nitriles is 1. The van der Waals surface area contributed by atoms with Crippen LogP contribution in [0.4, 0.5) is 4.39 Å². The van der Waals surface area contributed by atoms with Gasteiger partial charge in [-0.15, -0.1) is 0 Å². The van der Waals surface area contributed by atoms with Gasteiger partial charge in [0.25, 0.3) is 0 Å². The summed E-state index contributed by atoms with van der Waals surface area (Å²) in [5.74, 6) is -0.351. The molecule has 0 unspecified atom stereocenters. The van der Waals surface area contributed by atoms with E-state index < -0.39 is 0 Å². The van der Waals surface area contributed by atoms with Gasteiger partial charge in [-0.05, 0) is 11.6 Å². The van der Waals surface area contributed by atoms with E-state index in [1.54, 1.807) is 18.2 Å². The zero-order chi connectivity index (χ0) is 12.3. The van der Waals surface area contributed by atoms with E-state index in [2.05, 4.69) is 4.98 Å². The van der Waals surface area contributed by atoms with Crippen LogP contribution in [0.15, 0.2) is 36.7 Å². The molecule has 2 aromatic rings. The average Bonchev–Trinajstić information content (AvgIpc) is 2.33. The fraction of sp³-hybridized carbons (Fsp3) is 0.0769. The van der Waals surface area contributed by atoms with E-state index in [4.69, 9.17) is 16.9 Å². The van der Waals surface area contributed by atoms with Crippen LogP contribution < -0.4 is 0 Å². The summed E-state index contributed by atoms with van der Waals surface area (Å²) in [7, 11) is 0. The van der Waals surface area contributed by atoms with Crippen LogP contribution in [-0.2, 0) is 6.42 Å².